The Morgan fingerprint density at radius 3 is 3.07 bits per heavy atom. The molecule has 0 saturated carbocycles. The molecular weight excluding hydrogens is 212 g/mol. The van der Waals surface area contributed by atoms with Gasteiger partial charge >= 0.3 is 0 Å². The van der Waals surface area contributed by atoms with E-state index in [0.717, 1.165) is 12.2 Å². The summed E-state index contributed by atoms with van der Waals surface area (Å²) in [6.07, 6.45) is 2.78. The van der Waals surface area contributed by atoms with Crippen molar-refractivity contribution in [3.63, 3.8) is 0 Å². The van der Waals surface area contributed by atoms with Crippen molar-refractivity contribution in [1.82, 2.24) is 4.90 Å². The molecule has 4 nitrogen and oxygen atoms in total. The van der Waals surface area contributed by atoms with Crippen molar-refractivity contribution >= 4 is 17.7 Å². The van der Waals surface area contributed by atoms with Gasteiger partial charge < -0.3 is 15.4 Å². The summed E-state index contributed by atoms with van der Waals surface area (Å²) < 4.78 is 5.28. The van der Waals surface area contributed by atoms with Crippen molar-refractivity contribution in [2.75, 3.05) is 31.8 Å². The Morgan fingerprint density at radius 2 is 2.47 bits per heavy atom. The molecule has 1 saturated heterocycles. The highest BCUT2D eigenvalue weighted by Gasteiger charge is 2.27. The van der Waals surface area contributed by atoms with Gasteiger partial charge in [-0.3, -0.25) is 4.79 Å². The molecule has 0 aromatic rings. The van der Waals surface area contributed by atoms with Crippen molar-refractivity contribution in [2.24, 2.45) is 5.73 Å². The Labute approximate surface area is 95.5 Å². The summed E-state index contributed by atoms with van der Waals surface area (Å²) in [5, 5.41) is 0. The first-order valence-electron chi connectivity index (χ1n) is 5.29. The highest BCUT2D eigenvalue weighted by molar-refractivity contribution is 7.98. The van der Waals surface area contributed by atoms with Gasteiger partial charge in [-0.2, -0.15) is 11.8 Å². The van der Waals surface area contributed by atoms with Gasteiger partial charge in [-0.05, 0) is 25.4 Å². The SMILES string of the molecule is CSCC[C@@H](N)C(=O)N1CCOCC1C. The quantitative estimate of drug-likeness (QED) is 0.758. The van der Waals surface area contributed by atoms with Crippen LogP contribution in [0.3, 0.4) is 0 Å². The van der Waals surface area contributed by atoms with Crippen molar-refractivity contribution in [3.05, 3.63) is 0 Å². The standard InChI is InChI=1S/C10H20N2O2S/c1-8-7-14-5-4-12(8)10(13)9(11)3-6-15-2/h8-9H,3-7,11H2,1-2H3/t8?,9-/m1/s1. The number of hydrogen-bond donors (Lipinski definition) is 1. The monoisotopic (exact) mass is 232 g/mol. The first-order chi connectivity index (χ1) is 7.16. The first kappa shape index (κ1) is 12.8. The number of carbonyl (C=O) groups excluding carboxylic acids is 1. The first-order valence-corrected chi connectivity index (χ1v) is 6.69. The van der Waals surface area contributed by atoms with Crippen LogP contribution in [0.5, 0.6) is 0 Å². The molecule has 1 heterocycles. The van der Waals surface area contributed by atoms with Crippen molar-refractivity contribution in [1.29, 1.82) is 0 Å². The van der Waals surface area contributed by atoms with Crippen molar-refractivity contribution in [3.8, 4) is 0 Å². The van der Waals surface area contributed by atoms with Crippen molar-refractivity contribution in [2.45, 2.75) is 25.4 Å². The van der Waals surface area contributed by atoms with E-state index >= 15 is 0 Å². The van der Waals surface area contributed by atoms with Crippen LogP contribution >= 0.6 is 11.8 Å². The van der Waals surface area contributed by atoms with Gasteiger partial charge in [-0.1, -0.05) is 0 Å². The van der Waals surface area contributed by atoms with Gasteiger partial charge in [0.1, 0.15) is 0 Å². The lowest BCUT2D eigenvalue weighted by Crippen LogP contribution is -2.53. The number of nitrogens with two attached hydrogens (primary N) is 1. The van der Waals surface area contributed by atoms with Crippen LogP contribution in [-0.4, -0.2) is 54.7 Å². The molecule has 1 fully saturated rings. The second kappa shape index (κ2) is 6.35. The smallest absolute Gasteiger partial charge is 0.239 e. The van der Waals surface area contributed by atoms with Gasteiger partial charge in [0.05, 0.1) is 25.3 Å². The van der Waals surface area contributed by atoms with Crippen molar-refractivity contribution < 1.29 is 9.53 Å². The lowest BCUT2D eigenvalue weighted by Gasteiger charge is -2.35. The molecule has 2 N–H and O–H groups in total. The van der Waals surface area contributed by atoms with Crippen LogP contribution in [0.15, 0.2) is 0 Å². The predicted octanol–water partition coefficient (Wildman–Crippen LogP) is 0.314. The van der Waals surface area contributed by atoms with Crippen LogP contribution in [0.1, 0.15) is 13.3 Å². The lowest BCUT2D eigenvalue weighted by atomic mass is 10.1. The second-order valence-corrected chi connectivity index (χ2v) is 4.83. The number of morpholine rings is 1. The minimum Gasteiger partial charge on any atom is -0.377 e. The zero-order valence-electron chi connectivity index (χ0n) is 9.44. The molecule has 0 aliphatic carbocycles. The van der Waals surface area contributed by atoms with Gasteiger partial charge in [0.15, 0.2) is 0 Å². The van der Waals surface area contributed by atoms with E-state index < -0.39 is 0 Å². The number of hydrogen-bond acceptors (Lipinski definition) is 4. The maximum absolute atomic E-state index is 12.0. The van der Waals surface area contributed by atoms with E-state index in [-0.39, 0.29) is 18.0 Å². The molecule has 5 heteroatoms. The van der Waals surface area contributed by atoms with Gasteiger partial charge in [0, 0.05) is 6.54 Å². The number of ether oxygens (including phenoxy) is 1. The second-order valence-electron chi connectivity index (χ2n) is 3.84. The summed E-state index contributed by atoms with van der Waals surface area (Å²) in [5.41, 5.74) is 5.85. The summed E-state index contributed by atoms with van der Waals surface area (Å²) in [7, 11) is 0. The third-order valence-electron chi connectivity index (χ3n) is 2.60. The number of rotatable bonds is 4. The average molecular weight is 232 g/mol. The fourth-order valence-electron chi connectivity index (χ4n) is 1.64. The molecule has 1 aliphatic heterocycles. The summed E-state index contributed by atoms with van der Waals surface area (Å²) in [5.74, 6) is 1.01. The minimum absolute atomic E-state index is 0.0693. The van der Waals surface area contributed by atoms with E-state index in [0.29, 0.717) is 19.8 Å². The Balaban J connectivity index is 2.43. The normalized spacial score (nSPS) is 23.9. The third kappa shape index (κ3) is 3.66. The Hall–Kier alpha value is -0.260. The lowest BCUT2D eigenvalue weighted by molar-refractivity contribution is -0.140. The van der Waals surface area contributed by atoms with E-state index in [1.54, 1.807) is 11.8 Å². The predicted molar refractivity (Wildman–Crippen MR) is 63.0 cm³/mol. The zero-order valence-corrected chi connectivity index (χ0v) is 10.3. The molecule has 1 rings (SSSR count). The van der Waals surface area contributed by atoms with E-state index in [1.807, 2.05) is 18.1 Å². The maximum atomic E-state index is 12.0. The number of carbonyl (C=O) groups is 1. The summed E-state index contributed by atoms with van der Waals surface area (Å²) in [4.78, 5) is 13.8. The van der Waals surface area contributed by atoms with Crippen LogP contribution in [0.4, 0.5) is 0 Å². The molecule has 0 radical (unpaired) electrons. The number of thioether (sulfide) groups is 1. The molecule has 0 aromatic heterocycles. The van der Waals surface area contributed by atoms with Gasteiger partial charge in [0.25, 0.3) is 0 Å². The molecule has 2 atom stereocenters. The van der Waals surface area contributed by atoms with Gasteiger partial charge in [-0.15, -0.1) is 0 Å². The van der Waals surface area contributed by atoms with Gasteiger partial charge in [-0.25, -0.2) is 0 Å². The molecule has 1 amide bonds. The fourth-order valence-corrected chi connectivity index (χ4v) is 2.13. The third-order valence-corrected chi connectivity index (χ3v) is 3.24. The summed E-state index contributed by atoms with van der Waals surface area (Å²) in [6, 6.07) is -0.190. The molecule has 88 valence electrons. The highest BCUT2D eigenvalue weighted by Crippen LogP contribution is 2.09. The molecule has 1 aliphatic rings. The minimum atomic E-state index is -0.349. The van der Waals surface area contributed by atoms with Crippen LogP contribution in [0.25, 0.3) is 0 Å². The largest absolute Gasteiger partial charge is 0.377 e. The molecule has 15 heavy (non-hydrogen) atoms. The van der Waals surface area contributed by atoms with E-state index in [4.69, 9.17) is 10.5 Å². The number of nitrogens with zero attached hydrogens (tertiary/aromatic N) is 1. The van der Waals surface area contributed by atoms with Crippen LogP contribution < -0.4 is 5.73 Å². The molecule has 0 aromatic carbocycles. The fraction of sp³-hybridized carbons (Fsp3) is 0.900. The van der Waals surface area contributed by atoms with E-state index in [2.05, 4.69) is 0 Å². The number of amides is 1. The average Bonchev–Trinajstić information content (AvgIpc) is 2.25. The van der Waals surface area contributed by atoms with E-state index in [9.17, 15) is 4.79 Å². The Bertz CT molecular complexity index is 214. The zero-order chi connectivity index (χ0) is 11.3. The highest BCUT2D eigenvalue weighted by atomic mass is 32.2. The van der Waals surface area contributed by atoms with Gasteiger partial charge in [0.2, 0.25) is 5.91 Å². The van der Waals surface area contributed by atoms with Crippen LogP contribution in [-0.2, 0) is 9.53 Å². The summed E-state index contributed by atoms with van der Waals surface area (Å²) >= 11 is 1.72. The molecular formula is C10H20N2O2S. The Morgan fingerprint density at radius 1 is 1.73 bits per heavy atom. The van der Waals surface area contributed by atoms with E-state index in [1.165, 1.54) is 0 Å². The Kier molecular flexibility index (Phi) is 5.42. The summed E-state index contributed by atoms with van der Waals surface area (Å²) in [6.45, 7) is 3.93. The van der Waals surface area contributed by atoms with Crippen LogP contribution in [0.2, 0.25) is 0 Å². The molecule has 1 unspecified atom stereocenters. The topological polar surface area (TPSA) is 55.6 Å². The van der Waals surface area contributed by atoms with Crippen LogP contribution in [0, 0.1) is 0 Å². The molecule has 0 spiro atoms. The molecule has 0 bridgehead atoms. The maximum Gasteiger partial charge on any atom is 0.239 e.